The van der Waals surface area contributed by atoms with Crippen molar-refractivity contribution in [1.29, 1.82) is 0 Å². The third-order valence-corrected chi connectivity index (χ3v) is 6.40. The topological polar surface area (TPSA) is 37.3 Å². The van der Waals surface area contributed by atoms with Crippen LogP contribution in [0.3, 0.4) is 0 Å². The normalized spacial score (nSPS) is 13.2. The minimum absolute atomic E-state index is 0.473. The number of aliphatic hydroxyl groups is 1. The second-order valence-corrected chi connectivity index (χ2v) is 7.16. The fraction of sp³-hybridized carbons (Fsp3) is 0.200. The highest BCUT2D eigenvalue weighted by molar-refractivity contribution is 7.79. The summed E-state index contributed by atoms with van der Waals surface area (Å²) in [6.45, 7) is 1.85. The molecule has 0 aliphatic carbocycles. The lowest BCUT2D eigenvalue weighted by molar-refractivity contribution is 0.246. The maximum atomic E-state index is 13.3. The van der Waals surface area contributed by atoms with Crippen LogP contribution in [0.4, 0.5) is 0 Å². The summed E-state index contributed by atoms with van der Waals surface area (Å²) in [6, 6.07) is 18.5. The predicted molar refractivity (Wildman–Crippen MR) is 76.1 cm³/mol. The molecule has 0 aliphatic rings. The van der Waals surface area contributed by atoms with Gasteiger partial charge in [0.25, 0.3) is 0 Å². The van der Waals surface area contributed by atoms with Crippen LogP contribution in [0.25, 0.3) is 0 Å². The molecule has 2 aromatic carbocycles. The molecule has 0 aliphatic heterocycles. The monoisotopic (exact) mass is 260 g/mol. The van der Waals surface area contributed by atoms with E-state index in [4.69, 9.17) is 0 Å². The lowest BCUT2D eigenvalue weighted by Gasteiger charge is -2.23. The molecule has 1 atom stereocenters. The fourth-order valence-corrected chi connectivity index (χ4v) is 4.78. The molecule has 0 bridgehead atoms. The highest BCUT2D eigenvalue weighted by Gasteiger charge is 2.33. The Kier molecular flexibility index (Phi) is 4.00. The molecule has 0 saturated carbocycles. The summed E-state index contributed by atoms with van der Waals surface area (Å²) >= 11 is 0. The van der Waals surface area contributed by atoms with Gasteiger partial charge >= 0.3 is 0 Å². The highest BCUT2D eigenvalue weighted by atomic mass is 31.2. The van der Waals surface area contributed by atoms with Crippen LogP contribution >= 0.6 is 7.14 Å². The molecule has 3 heteroatoms. The van der Waals surface area contributed by atoms with Crippen molar-refractivity contribution in [2.75, 3.05) is 0 Å². The zero-order valence-corrected chi connectivity index (χ0v) is 11.3. The van der Waals surface area contributed by atoms with Crippen molar-refractivity contribution >= 4 is 17.8 Å². The highest BCUT2D eigenvalue weighted by Crippen LogP contribution is 2.48. The van der Waals surface area contributed by atoms with Crippen LogP contribution in [0.5, 0.6) is 0 Å². The van der Waals surface area contributed by atoms with Gasteiger partial charge in [-0.25, -0.2) is 0 Å². The molecule has 0 heterocycles. The first-order chi connectivity index (χ1) is 8.69. The van der Waals surface area contributed by atoms with Crippen LogP contribution in [0.2, 0.25) is 0 Å². The number of benzene rings is 2. The summed E-state index contributed by atoms with van der Waals surface area (Å²) in [6.07, 6.45) is 0.473. The largest absolute Gasteiger partial charge is 0.385 e. The van der Waals surface area contributed by atoms with Crippen molar-refractivity contribution in [2.45, 2.75) is 19.2 Å². The van der Waals surface area contributed by atoms with Gasteiger partial charge in [0.1, 0.15) is 5.85 Å². The molecule has 1 N–H and O–H groups in total. The third-order valence-electron chi connectivity index (χ3n) is 3.06. The number of hydrogen-bond donors (Lipinski definition) is 1. The van der Waals surface area contributed by atoms with E-state index in [2.05, 4.69) is 0 Å². The van der Waals surface area contributed by atoms with E-state index in [1.54, 1.807) is 0 Å². The smallest absolute Gasteiger partial charge is 0.170 e. The van der Waals surface area contributed by atoms with Gasteiger partial charge in [0.05, 0.1) is 0 Å². The van der Waals surface area contributed by atoms with E-state index in [1.165, 1.54) is 0 Å². The molecular formula is C15H17O2P. The molecule has 18 heavy (non-hydrogen) atoms. The maximum Gasteiger partial charge on any atom is 0.170 e. The molecule has 2 aromatic rings. The van der Waals surface area contributed by atoms with Crippen molar-refractivity contribution in [2.24, 2.45) is 0 Å². The van der Waals surface area contributed by atoms with E-state index in [9.17, 15) is 9.67 Å². The van der Waals surface area contributed by atoms with E-state index < -0.39 is 13.0 Å². The van der Waals surface area contributed by atoms with Crippen LogP contribution < -0.4 is 10.6 Å². The quantitative estimate of drug-likeness (QED) is 0.858. The van der Waals surface area contributed by atoms with Gasteiger partial charge in [0.15, 0.2) is 7.14 Å². The molecule has 2 rings (SSSR count). The lowest BCUT2D eigenvalue weighted by Crippen LogP contribution is -2.25. The molecular weight excluding hydrogens is 243 g/mol. The van der Waals surface area contributed by atoms with Gasteiger partial charge < -0.3 is 9.67 Å². The van der Waals surface area contributed by atoms with Crippen LogP contribution in [0.15, 0.2) is 60.7 Å². The molecule has 94 valence electrons. The van der Waals surface area contributed by atoms with E-state index in [-0.39, 0.29) is 0 Å². The first-order valence-electron chi connectivity index (χ1n) is 6.08. The molecule has 1 unspecified atom stereocenters. The van der Waals surface area contributed by atoms with Gasteiger partial charge in [0.2, 0.25) is 0 Å². The summed E-state index contributed by atoms with van der Waals surface area (Å²) in [5, 5.41) is 11.6. The Morgan fingerprint density at radius 3 is 1.67 bits per heavy atom. The van der Waals surface area contributed by atoms with Gasteiger partial charge in [-0.15, -0.1) is 0 Å². The van der Waals surface area contributed by atoms with Crippen LogP contribution in [-0.2, 0) is 4.57 Å². The van der Waals surface area contributed by atoms with Gasteiger partial charge in [-0.1, -0.05) is 67.6 Å². The second-order valence-electron chi connectivity index (χ2n) is 4.22. The standard InChI is InChI=1S/C15H17O2P/c1-2-15(16)18(17,13-9-5-3-6-10-13)14-11-7-4-8-12-14/h3-12,15-16H,2H2,1H3. The van der Waals surface area contributed by atoms with Crippen molar-refractivity contribution < 1.29 is 9.67 Å². The van der Waals surface area contributed by atoms with Gasteiger partial charge in [-0.3, -0.25) is 0 Å². The Hall–Kier alpha value is -1.37. The van der Waals surface area contributed by atoms with E-state index in [1.807, 2.05) is 67.6 Å². The molecule has 0 radical (unpaired) electrons. The average molecular weight is 260 g/mol. The number of hydrogen-bond acceptors (Lipinski definition) is 2. The van der Waals surface area contributed by atoms with Crippen molar-refractivity contribution in [3.05, 3.63) is 60.7 Å². The molecule has 0 saturated heterocycles. The Balaban J connectivity index is 2.59. The van der Waals surface area contributed by atoms with Crippen molar-refractivity contribution in [1.82, 2.24) is 0 Å². The Bertz CT molecular complexity index is 493. The van der Waals surface area contributed by atoms with Crippen LogP contribution in [0, 0.1) is 0 Å². The van der Waals surface area contributed by atoms with Gasteiger partial charge in [-0.2, -0.15) is 0 Å². The molecule has 0 aromatic heterocycles. The first-order valence-corrected chi connectivity index (χ1v) is 7.86. The predicted octanol–water partition coefficient (Wildman–Crippen LogP) is 2.73. The zero-order valence-electron chi connectivity index (χ0n) is 10.4. The minimum atomic E-state index is -2.96. The molecule has 0 spiro atoms. The van der Waals surface area contributed by atoms with Crippen LogP contribution in [-0.4, -0.2) is 11.0 Å². The summed E-state index contributed by atoms with van der Waals surface area (Å²) in [4.78, 5) is 0. The third kappa shape index (κ3) is 2.27. The SMILES string of the molecule is CCC(O)P(=O)(c1ccccc1)c1ccccc1. The summed E-state index contributed by atoms with van der Waals surface area (Å²) in [5.41, 5.74) is 0. The lowest BCUT2D eigenvalue weighted by atomic mass is 10.4. The summed E-state index contributed by atoms with van der Waals surface area (Å²) in [5.74, 6) is -0.831. The Labute approximate surface area is 108 Å². The number of rotatable bonds is 4. The zero-order chi connectivity index (χ0) is 13.0. The van der Waals surface area contributed by atoms with E-state index in [0.717, 1.165) is 0 Å². The average Bonchev–Trinajstić information content (AvgIpc) is 2.47. The number of aliphatic hydroxyl groups excluding tert-OH is 1. The van der Waals surface area contributed by atoms with Crippen molar-refractivity contribution in [3.8, 4) is 0 Å². The van der Waals surface area contributed by atoms with E-state index >= 15 is 0 Å². The molecule has 2 nitrogen and oxygen atoms in total. The second kappa shape index (κ2) is 5.51. The van der Waals surface area contributed by atoms with Crippen LogP contribution in [0.1, 0.15) is 13.3 Å². The molecule has 0 fully saturated rings. The van der Waals surface area contributed by atoms with Gasteiger partial charge in [-0.05, 0) is 6.42 Å². The van der Waals surface area contributed by atoms with E-state index in [0.29, 0.717) is 17.0 Å². The summed E-state index contributed by atoms with van der Waals surface area (Å²) in [7, 11) is -2.96. The first kappa shape index (κ1) is 13.1. The van der Waals surface area contributed by atoms with Gasteiger partial charge in [0, 0.05) is 10.6 Å². The maximum absolute atomic E-state index is 13.3. The molecule has 0 amide bonds. The Morgan fingerprint density at radius 1 is 0.944 bits per heavy atom. The minimum Gasteiger partial charge on any atom is -0.385 e. The van der Waals surface area contributed by atoms with Crippen molar-refractivity contribution in [3.63, 3.8) is 0 Å². The summed E-state index contributed by atoms with van der Waals surface area (Å²) < 4.78 is 13.3. The Morgan fingerprint density at radius 2 is 1.33 bits per heavy atom. The fourth-order valence-electron chi connectivity index (χ4n) is 2.05.